The highest BCUT2D eigenvalue weighted by Gasteiger charge is 2.35. The summed E-state index contributed by atoms with van der Waals surface area (Å²) < 4.78 is 0. The fraction of sp³-hybridized carbons (Fsp3) is 0.296. The van der Waals surface area contributed by atoms with Gasteiger partial charge >= 0.3 is 0 Å². The van der Waals surface area contributed by atoms with E-state index in [2.05, 4.69) is 50.1 Å². The lowest BCUT2D eigenvalue weighted by Crippen LogP contribution is -2.54. The van der Waals surface area contributed by atoms with Gasteiger partial charge in [-0.3, -0.25) is 19.8 Å². The molecular weight excluding hydrogens is 430 g/mol. The maximum absolute atomic E-state index is 13.4. The van der Waals surface area contributed by atoms with Crippen molar-refractivity contribution >= 4 is 52.2 Å². The van der Waals surface area contributed by atoms with Gasteiger partial charge in [-0.2, -0.15) is 0 Å². The SMILES string of the molecule is CCN1c2ccc(/C=C3/C(=O)NC(=S)N(c4ccc(C)cc4C)C3=O)cc2C(C)=CC1(C)C. The summed E-state index contributed by atoms with van der Waals surface area (Å²) in [5, 5.41) is 2.77. The second kappa shape index (κ2) is 8.27. The van der Waals surface area contributed by atoms with Gasteiger partial charge in [-0.15, -0.1) is 0 Å². The van der Waals surface area contributed by atoms with Crippen molar-refractivity contribution in [2.24, 2.45) is 0 Å². The number of hydrogen-bond donors (Lipinski definition) is 1. The number of likely N-dealkylation sites (N-methyl/N-ethyl adjacent to an activating group) is 1. The number of rotatable bonds is 3. The van der Waals surface area contributed by atoms with Gasteiger partial charge in [0.25, 0.3) is 11.8 Å². The summed E-state index contributed by atoms with van der Waals surface area (Å²) in [7, 11) is 0. The minimum atomic E-state index is -0.479. The van der Waals surface area contributed by atoms with Crippen LogP contribution in [0, 0.1) is 13.8 Å². The number of thiocarbonyl (C=S) groups is 1. The molecule has 1 N–H and O–H groups in total. The van der Waals surface area contributed by atoms with Gasteiger partial charge in [0.15, 0.2) is 5.11 Å². The van der Waals surface area contributed by atoms with Crippen LogP contribution in [0.1, 0.15) is 49.9 Å². The van der Waals surface area contributed by atoms with E-state index in [1.54, 1.807) is 6.08 Å². The molecule has 0 atom stereocenters. The van der Waals surface area contributed by atoms with Crippen molar-refractivity contribution in [1.82, 2.24) is 5.32 Å². The zero-order chi connectivity index (χ0) is 24.1. The third-order valence-corrected chi connectivity index (χ3v) is 6.61. The number of benzene rings is 2. The van der Waals surface area contributed by atoms with E-state index in [0.717, 1.165) is 34.5 Å². The monoisotopic (exact) mass is 459 g/mol. The smallest absolute Gasteiger partial charge is 0.270 e. The second-order valence-electron chi connectivity index (χ2n) is 9.25. The Bertz CT molecular complexity index is 1260. The number of carbonyl (C=O) groups excluding carboxylic acids is 2. The van der Waals surface area contributed by atoms with Crippen molar-refractivity contribution in [3.8, 4) is 0 Å². The van der Waals surface area contributed by atoms with E-state index in [4.69, 9.17) is 12.2 Å². The Morgan fingerprint density at radius 1 is 1.03 bits per heavy atom. The first-order chi connectivity index (χ1) is 15.5. The molecule has 0 aliphatic carbocycles. The zero-order valence-electron chi connectivity index (χ0n) is 19.9. The molecule has 0 bridgehead atoms. The van der Waals surface area contributed by atoms with Crippen molar-refractivity contribution in [3.63, 3.8) is 0 Å². The minimum absolute atomic E-state index is 0.0636. The number of allylic oxidation sites excluding steroid dienone is 1. The molecule has 2 aliphatic rings. The van der Waals surface area contributed by atoms with Crippen LogP contribution in [0.3, 0.4) is 0 Å². The van der Waals surface area contributed by atoms with Crippen molar-refractivity contribution < 1.29 is 9.59 Å². The molecule has 2 aromatic rings. The van der Waals surface area contributed by atoms with E-state index in [1.165, 1.54) is 10.5 Å². The van der Waals surface area contributed by atoms with Crippen molar-refractivity contribution in [2.45, 2.75) is 47.1 Å². The van der Waals surface area contributed by atoms with Gasteiger partial charge < -0.3 is 4.90 Å². The summed E-state index contributed by atoms with van der Waals surface area (Å²) in [6.07, 6.45) is 3.91. The molecule has 0 aromatic heterocycles. The average molecular weight is 460 g/mol. The van der Waals surface area contributed by atoms with E-state index >= 15 is 0 Å². The summed E-state index contributed by atoms with van der Waals surface area (Å²) in [5.74, 6) is -0.899. The lowest BCUT2D eigenvalue weighted by atomic mass is 9.88. The minimum Gasteiger partial charge on any atom is -0.363 e. The molecule has 5 nitrogen and oxygen atoms in total. The first-order valence-corrected chi connectivity index (χ1v) is 11.5. The molecule has 2 aromatic carbocycles. The van der Waals surface area contributed by atoms with Gasteiger partial charge in [0.05, 0.1) is 11.2 Å². The summed E-state index contributed by atoms with van der Waals surface area (Å²) in [4.78, 5) is 29.9. The number of anilines is 2. The molecule has 2 aliphatic heterocycles. The van der Waals surface area contributed by atoms with Crippen LogP contribution in [-0.2, 0) is 9.59 Å². The maximum Gasteiger partial charge on any atom is 0.270 e. The molecule has 1 saturated heterocycles. The van der Waals surface area contributed by atoms with Crippen LogP contribution in [0.5, 0.6) is 0 Å². The fourth-order valence-electron chi connectivity index (χ4n) is 4.87. The van der Waals surface area contributed by atoms with Gasteiger partial charge in [0.1, 0.15) is 5.57 Å². The molecule has 33 heavy (non-hydrogen) atoms. The van der Waals surface area contributed by atoms with Crippen LogP contribution >= 0.6 is 12.2 Å². The molecule has 4 rings (SSSR count). The topological polar surface area (TPSA) is 52.7 Å². The van der Waals surface area contributed by atoms with Crippen LogP contribution in [0.15, 0.2) is 48.0 Å². The lowest BCUT2D eigenvalue weighted by Gasteiger charge is -2.42. The second-order valence-corrected chi connectivity index (χ2v) is 9.64. The largest absolute Gasteiger partial charge is 0.363 e. The Labute approximate surface area is 200 Å². The number of nitrogens with zero attached hydrogens (tertiary/aromatic N) is 2. The number of hydrogen-bond acceptors (Lipinski definition) is 4. The number of nitrogens with one attached hydrogen (secondary N) is 1. The Hall–Kier alpha value is -3.25. The maximum atomic E-state index is 13.4. The molecule has 6 heteroatoms. The van der Waals surface area contributed by atoms with Crippen LogP contribution in [0.25, 0.3) is 11.6 Å². The Kier molecular flexibility index (Phi) is 5.74. The highest BCUT2D eigenvalue weighted by Crippen LogP contribution is 2.39. The summed E-state index contributed by atoms with van der Waals surface area (Å²) >= 11 is 5.35. The van der Waals surface area contributed by atoms with E-state index in [9.17, 15) is 9.59 Å². The Morgan fingerprint density at radius 3 is 2.39 bits per heavy atom. The molecule has 0 radical (unpaired) electrons. The summed E-state index contributed by atoms with van der Waals surface area (Å²) in [5.41, 5.74) is 6.90. The van der Waals surface area contributed by atoms with Gasteiger partial charge in [-0.05, 0) is 94.7 Å². The van der Waals surface area contributed by atoms with Crippen molar-refractivity contribution in [3.05, 3.63) is 70.3 Å². The van der Waals surface area contributed by atoms with Crippen molar-refractivity contribution in [1.29, 1.82) is 0 Å². The normalized spacial score (nSPS) is 18.9. The standard InChI is InChI=1S/C27H29N3O2S/c1-7-29-23-11-9-19(13-20(23)18(4)15-27(29,5)6)14-21-24(31)28-26(33)30(25(21)32)22-10-8-16(2)12-17(22)3/h8-15H,7H2,1-6H3,(H,28,31,33)/b21-14-. The van der Waals surface area contributed by atoms with E-state index in [1.807, 2.05) is 44.2 Å². The Morgan fingerprint density at radius 2 is 1.73 bits per heavy atom. The zero-order valence-corrected chi connectivity index (χ0v) is 20.8. The first kappa shape index (κ1) is 22.9. The summed E-state index contributed by atoms with van der Waals surface area (Å²) in [6.45, 7) is 13.5. The quantitative estimate of drug-likeness (QED) is 0.392. The number of amides is 2. The van der Waals surface area contributed by atoms with E-state index < -0.39 is 11.8 Å². The third-order valence-electron chi connectivity index (χ3n) is 6.32. The fourth-order valence-corrected chi connectivity index (χ4v) is 5.14. The van der Waals surface area contributed by atoms with E-state index in [-0.39, 0.29) is 16.2 Å². The highest BCUT2D eigenvalue weighted by atomic mass is 32.1. The molecular formula is C27H29N3O2S. The molecule has 0 unspecified atom stereocenters. The van der Waals surface area contributed by atoms with E-state index in [0.29, 0.717) is 5.69 Å². The van der Waals surface area contributed by atoms with Gasteiger partial charge in [0, 0.05) is 17.8 Å². The van der Waals surface area contributed by atoms with Gasteiger partial charge in [-0.25, -0.2) is 0 Å². The first-order valence-electron chi connectivity index (χ1n) is 11.1. The molecule has 1 fully saturated rings. The molecule has 170 valence electrons. The van der Waals surface area contributed by atoms with Crippen LogP contribution in [0.4, 0.5) is 11.4 Å². The summed E-state index contributed by atoms with van der Waals surface area (Å²) in [6, 6.07) is 11.8. The third kappa shape index (κ3) is 4.00. The molecule has 2 heterocycles. The van der Waals surface area contributed by atoms with Gasteiger partial charge in [0.2, 0.25) is 0 Å². The molecule has 0 spiro atoms. The predicted octanol–water partition coefficient (Wildman–Crippen LogP) is 5.16. The predicted molar refractivity (Wildman–Crippen MR) is 139 cm³/mol. The number of aryl methyl sites for hydroxylation is 2. The number of fused-ring (bicyclic) bond motifs is 1. The highest BCUT2D eigenvalue weighted by molar-refractivity contribution is 7.80. The molecule has 2 amide bonds. The van der Waals surface area contributed by atoms with Crippen molar-refractivity contribution in [2.75, 3.05) is 16.3 Å². The number of carbonyl (C=O) groups is 2. The average Bonchev–Trinajstić information content (AvgIpc) is 2.72. The van der Waals surface area contributed by atoms with Crippen LogP contribution < -0.4 is 15.1 Å². The Balaban J connectivity index is 1.76. The van der Waals surface area contributed by atoms with Crippen LogP contribution in [-0.4, -0.2) is 29.0 Å². The van der Waals surface area contributed by atoms with Gasteiger partial charge in [-0.1, -0.05) is 29.8 Å². The molecule has 0 saturated carbocycles. The van der Waals surface area contributed by atoms with Crippen LogP contribution in [0.2, 0.25) is 0 Å². The lowest BCUT2D eigenvalue weighted by molar-refractivity contribution is -0.122.